The lowest BCUT2D eigenvalue weighted by Crippen LogP contribution is -2.05. The monoisotopic (exact) mass is 194 g/mol. The van der Waals surface area contributed by atoms with Gasteiger partial charge in [-0.1, -0.05) is 0 Å². The summed E-state index contributed by atoms with van der Waals surface area (Å²) in [7, 11) is -5.87. The van der Waals surface area contributed by atoms with Crippen LogP contribution in [0, 0.1) is 0 Å². The molecule has 0 aromatic rings. The molecule has 0 amide bonds. The fraction of sp³-hybridized carbons (Fsp3) is 0.250. The molecule has 0 spiro atoms. The Labute approximate surface area is 57.7 Å². The fourth-order valence-corrected chi connectivity index (χ4v) is 1.55. The SMILES string of the molecule is FC1=C(F)P(F)(F)=C(F)C1F. The topological polar surface area (TPSA) is 0 Å². The first-order chi connectivity index (χ1) is 4.89. The molecule has 0 fully saturated rings. The average Bonchev–Trinajstić information content (AvgIpc) is 2.06. The van der Waals surface area contributed by atoms with Gasteiger partial charge in [-0.15, -0.1) is 0 Å². The second-order valence-corrected chi connectivity index (χ2v) is 3.69. The molecule has 1 aliphatic heterocycles. The summed E-state index contributed by atoms with van der Waals surface area (Å²) in [5, 5.41) is 0. The van der Waals surface area contributed by atoms with Crippen LogP contribution in [-0.4, -0.2) is 11.7 Å². The predicted molar refractivity (Wildman–Crippen MR) is 29.4 cm³/mol. The summed E-state index contributed by atoms with van der Waals surface area (Å²) in [4.78, 5) is 0. The number of hydrogen-bond donors (Lipinski definition) is 0. The largest absolute Gasteiger partial charge is 0.304 e. The lowest BCUT2D eigenvalue weighted by atomic mass is 10.4. The summed E-state index contributed by atoms with van der Waals surface area (Å²) in [6.45, 7) is 0. The van der Waals surface area contributed by atoms with E-state index in [0.717, 1.165) is 0 Å². The molecule has 0 radical (unpaired) electrons. The molecule has 1 heterocycles. The molecule has 0 bridgehead atoms. The maximum Gasteiger partial charge on any atom is 0.304 e. The van der Waals surface area contributed by atoms with Gasteiger partial charge in [0.25, 0.3) is 0 Å². The third kappa shape index (κ3) is 1.00. The summed E-state index contributed by atoms with van der Waals surface area (Å²) < 4.78 is 71.6. The van der Waals surface area contributed by atoms with Gasteiger partial charge < -0.3 is 0 Å². The van der Waals surface area contributed by atoms with Gasteiger partial charge in [-0.2, -0.15) is 12.8 Å². The molecule has 0 nitrogen and oxygen atoms in total. The van der Waals surface area contributed by atoms with Gasteiger partial charge >= 0.3 is 7.51 Å². The van der Waals surface area contributed by atoms with E-state index >= 15 is 0 Å². The predicted octanol–water partition coefficient (Wildman–Crippen LogP) is 3.33. The molecule has 64 valence electrons. The third-order valence-electron chi connectivity index (χ3n) is 1.14. The molecule has 1 aliphatic rings. The smallest absolute Gasteiger partial charge is 0.231 e. The third-order valence-corrected chi connectivity index (χ3v) is 2.61. The average molecular weight is 194 g/mol. The Balaban J connectivity index is 3.30. The molecule has 0 N–H and O–H groups in total. The molecular weight excluding hydrogens is 193 g/mol. The van der Waals surface area contributed by atoms with Crippen molar-refractivity contribution < 1.29 is 26.0 Å². The first-order valence-electron chi connectivity index (χ1n) is 2.40. The Bertz CT molecular complexity index is 272. The second-order valence-electron chi connectivity index (χ2n) is 1.84. The van der Waals surface area contributed by atoms with Crippen molar-refractivity contribution in [1.82, 2.24) is 0 Å². The van der Waals surface area contributed by atoms with E-state index < -0.39 is 30.6 Å². The molecule has 0 saturated heterocycles. The maximum atomic E-state index is 12.0. The van der Waals surface area contributed by atoms with Gasteiger partial charge in [-0.3, -0.25) is 0 Å². The first-order valence-corrected chi connectivity index (χ1v) is 3.97. The van der Waals surface area contributed by atoms with Crippen molar-refractivity contribution in [3.8, 4) is 0 Å². The highest BCUT2D eigenvalue weighted by Crippen LogP contribution is 2.66. The van der Waals surface area contributed by atoms with Crippen molar-refractivity contribution in [3.63, 3.8) is 0 Å². The van der Waals surface area contributed by atoms with Crippen molar-refractivity contribution in [1.29, 1.82) is 0 Å². The van der Waals surface area contributed by atoms with E-state index in [2.05, 4.69) is 0 Å². The van der Waals surface area contributed by atoms with Crippen LogP contribution in [0.15, 0.2) is 11.4 Å². The van der Waals surface area contributed by atoms with Gasteiger partial charge in [0.2, 0.25) is 17.3 Å². The minimum absolute atomic E-state index is 2.33. The normalized spacial score (nSPS) is 30.0. The van der Waals surface area contributed by atoms with E-state index in [0.29, 0.717) is 0 Å². The zero-order chi connectivity index (χ0) is 8.81. The summed E-state index contributed by atoms with van der Waals surface area (Å²) in [5.74, 6) is -2.33. The van der Waals surface area contributed by atoms with Gasteiger partial charge in [0, 0.05) is 0 Å². The van der Waals surface area contributed by atoms with Gasteiger partial charge in [0.1, 0.15) is 0 Å². The quantitative estimate of drug-likeness (QED) is 0.409. The van der Waals surface area contributed by atoms with Crippen LogP contribution in [0.5, 0.6) is 0 Å². The molecule has 0 aromatic heterocycles. The molecule has 1 atom stereocenters. The van der Waals surface area contributed by atoms with E-state index in [1.54, 1.807) is 0 Å². The van der Waals surface area contributed by atoms with Crippen molar-refractivity contribution >= 4 is 13.1 Å². The van der Waals surface area contributed by atoms with Crippen LogP contribution >= 0.6 is 7.51 Å². The Kier molecular flexibility index (Phi) is 1.82. The van der Waals surface area contributed by atoms with Crippen LogP contribution < -0.4 is 0 Å². The number of allylic oxidation sites excluding steroid dienone is 1. The molecule has 0 saturated carbocycles. The molecule has 11 heavy (non-hydrogen) atoms. The molecule has 0 aliphatic carbocycles. The minimum Gasteiger partial charge on any atom is -0.231 e. The Morgan fingerprint density at radius 2 is 1.55 bits per heavy atom. The van der Waals surface area contributed by atoms with Gasteiger partial charge in [-0.25, -0.2) is 13.2 Å². The van der Waals surface area contributed by atoms with Crippen LogP contribution in [0.2, 0.25) is 0 Å². The van der Waals surface area contributed by atoms with Crippen LogP contribution in [0.1, 0.15) is 0 Å². The summed E-state index contributed by atoms with van der Waals surface area (Å²) in [6, 6.07) is 0. The van der Waals surface area contributed by atoms with Crippen molar-refractivity contribution in [2.24, 2.45) is 0 Å². The molecule has 1 unspecified atom stereocenters. The lowest BCUT2D eigenvalue weighted by molar-refractivity contribution is 0.379. The minimum atomic E-state index is -5.87. The summed E-state index contributed by atoms with van der Waals surface area (Å²) >= 11 is 0. The summed E-state index contributed by atoms with van der Waals surface area (Å²) in [5.41, 5.74) is -5.09. The number of hydrogen-bond acceptors (Lipinski definition) is 0. The zero-order valence-electron chi connectivity index (χ0n) is 4.79. The highest BCUT2D eigenvalue weighted by Gasteiger charge is 2.46. The highest BCUT2D eigenvalue weighted by molar-refractivity contribution is 7.70. The van der Waals surface area contributed by atoms with Crippen LogP contribution in [-0.2, 0) is 0 Å². The Morgan fingerprint density at radius 3 is 1.64 bits per heavy atom. The number of alkyl halides is 1. The summed E-state index contributed by atoms with van der Waals surface area (Å²) in [6.07, 6.45) is -3.21. The number of rotatable bonds is 0. The Morgan fingerprint density at radius 1 is 1.09 bits per heavy atom. The van der Waals surface area contributed by atoms with E-state index in [9.17, 15) is 26.0 Å². The van der Waals surface area contributed by atoms with Crippen LogP contribution in [0.25, 0.3) is 0 Å². The van der Waals surface area contributed by atoms with Crippen molar-refractivity contribution in [2.75, 3.05) is 0 Å². The van der Waals surface area contributed by atoms with Crippen LogP contribution in [0.3, 0.4) is 0 Å². The number of halogens is 6. The highest BCUT2D eigenvalue weighted by atomic mass is 31.2. The molecular formula is C4HF6P. The van der Waals surface area contributed by atoms with Gasteiger partial charge in [-0.05, 0) is 0 Å². The van der Waals surface area contributed by atoms with E-state index in [4.69, 9.17) is 0 Å². The second kappa shape index (κ2) is 2.30. The van der Waals surface area contributed by atoms with Gasteiger partial charge in [0.15, 0.2) is 5.83 Å². The van der Waals surface area contributed by atoms with Crippen molar-refractivity contribution in [2.45, 2.75) is 6.17 Å². The van der Waals surface area contributed by atoms with Crippen LogP contribution in [0.4, 0.5) is 26.0 Å². The first kappa shape index (κ1) is 8.71. The maximum absolute atomic E-state index is 12.0. The molecule has 7 heteroatoms. The van der Waals surface area contributed by atoms with E-state index in [1.807, 2.05) is 0 Å². The zero-order valence-corrected chi connectivity index (χ0v) is 5.69. The van der Waals surface area contributed by atoms with E-state index in [-0.39, 0.29) is 0 Å². The fourth-order valence-electron chi connectivity index (χ4n) is 0.579. The van der Waals surface area contributed by atoms with Crippen molar-refractivity contribution in [3.05, 3.63) is 11.4 Å². The van der Waals surface area contributed by atoms with Gasteiger partial charge in [0.05, 0.1) is 0 Å². The molecule has 0 aromatic carbocycles. The Hall–Kier alpha value is -0.380. The molecule has 1 rings (SSSR count). The standard InChI is InChI=1S/C4HF6P/c5-1-2(6)4(8)11(9,10)3(1)7/h1H. The van der Waals surface area contributed by atoms with E-state index in [1.165, 1.54) is 0 Å². The lowest BCUT2D eigenvalue weighted by Gasteiger charge is -1.96.